The molecule has 0 saturated carbocycles. The van der Waals surface area contributed by atoms with Crippen molar-refractivity contribution < 1.29 is 0 Å². The van der Waals surface area contributed by atoms with E-state index in [9.17, 15) is 0 Å². The molecule has 0 N–H and O–H groups in total. The van der Waals surface area contributed by atoms with Crippen molar-refractivity contribution in [1.29, 1.82) is 0 Å². The van der Waals surface area contributed by atoms with Crippen molar-refractivity contribution >= 4 is 11.6 Å². The van der Waals surface area contributed by atoms with Gasteiger partial charge in [0.15, 0.2) is 0 Å². The molecule has 108 valence electrons. The fourth-order valence-electron chi connectivity index (χ4n) is 2.25. The van der Waals surface area contributed by atoms with Crippen LogP contribution in [0.4, 0.5) is 0 Å². The Kier molecular flexibility index (Phi) is 4.76. The van der Waals surface area contributed by atoms with Crippen LogP contribution in [0.3, 0.4) is 0 Å². The van der Waals surface area contributed by atoms with Crippen LogP contribution >= 0.6 is 11.6 Å². The minimum atomic E-state index is 0.139. The molecule has 0 nitrogen and oxygen atoms in total. The van der Waals surface area contributed by atoms with Crippen molar-refractivity contribution in [3.8, 4) is 11.8 Å². The molecule has 0 heterocycles. The van der Waals surface area contributed by atoms with Gasteiger partial charge < -0.3 is 0 Å². The molecule has 0 aliphatic heterocycles. The Bertz CT molecular complexity index is 677. The van der Waals surface area contributed by atoms with Crippen molar-refractivity contribution in [2.24, 2.45) is 0 Å². The normalized spacial score (nSPS) is 10.9. The first-order chi connectivity index (χ1) is 9.90. The lowest BCUT2D eigenvalue weighted by atomic mass is 9.85. The van der Waals surface area contributed by atoms with E-state index in [1.54, 1.807) is 0 Å². The van der Waals surface area contributed by atoms with Crippen molar-refractivity contribution in [3.63, 3.8) is 0 Å². The van der Waals surface area contributed by atoms with Crippen LogP contribution in [0.15, 0.2) is 42.5 Å². The summed E-state index contributed by atoms with van der Waals surface area (Å²) in [4.78, 5) is 0. The van der Waals surface area contributed by atoms with Gasteiger partial charge >= 0.3 is 0 Å². The lowest BCUT2D eigenvalue weighted by molar-refractivity contribution is 0.589. The van der Waals surface area contributed by atoms with E-state index in [1.807, 2.05) is 13.0 Å². The van der Waals surface area contributed by atoms with Gasteiger partial charge in [0.25, 0.3) is 0 Å². The molecule has 0 spiro atoms. The summed E-state index contributed by atoms with van der Waals surface area (Å²) in [5.74, 6) is 5.98. The van der Waals surface area contributed by atoms with E-state index >= 15 is 0 Å². The molecular formula is C20H21Cl. The first-order valence-electron chi connectivity index (χ1n) is 7.21. The zero-order chi connectivity index (χ0) is 15.5. The van der Waals surface area contributed by atoms with E-state index in [1.165, 1.54) is 16.7 Å². The van der Waals surface area contributed by atoms with Gasteiger partial charge in [-0.2, -0.15) is 0 Å². The van der Waals surface area contributed by atoms with Crippen molar-refractivity contribution in [3.05, 3.63) is 69.7 Å². The Labute approximate surface area is 133 Å². The molecule has 2 aromatic carbocycles. The molecule has 2 aromatic rings. The molecule has 0 fully saturated rings. The summed E-state index contributed by atoms with van der Waals surface area (Å²) in [6, 6.07) is 14.7. The Morgan fingerprint density at radius 3 is 2.24 bits per heavy atom. The molecule has 0 aromatic heterocycles. The highest BCUT2D eigenvalue weighted by Crippen LogP contribution is 2.28. The van der Waals surface area contributed by atoms with Crippen LogP contribution in [0.2, 0.25) is 5.02 Å². The van der Waals surface area contributed by atoms with Gasteiger partial charge in [0.2, 0.25) is 0 Å². The molecular weight excluding hydrogens is 276 g/mol. The summed E-state index contributed by atoms with van der Waals surface area (Å²) in [6.45, 7) is 8.51. The number of benzene rings is 2. The zero-order valence-corrected chi connectivity index (χ0v) is 13.9. The summed E-state index contributed by atoms with van der Waals surface area (Å²) in [5, 5.41) is 0.834. The maximum Gasteiger partial charge on any atom is 0.0441 e. The maximum absolute atomic E-state index is 6.35. The van der Waals surface area contributed by atoms with E-state index < -0.39 is 0 Å². The smallest absolute Gasteiger partial charge is 0.0441 e. The van der Waals surface area contributed by atoms with E-state index in [4.69, 9.17) is 11.6 Å². The molecule has 0 atom stereocenters. The van der Waals surface area contributed by atoms with Gasteiger partial charge in [0, 0.05) is 10.6 Å². The second-order valence-corrected chi connectivity index (χ2v) is 6.71. The molecule has 0 radical (unpaired) electrons. The third kappa shape index (κ3) is 4.13. The molecule has 0 saturated heterocycles. The number of hydrogen-bond acceptors (Lipinski definition) is 0. The quantitative estimate of drug-likeness (QED) is 0.633. The van der Waals surface area contributed by atoms with E-state index in [-0.39, 0.29) is 5.41 Å². The first kappa shape index (κ1) is 15.7. The van der Waals surface area contributed by atoms with Crippen molar-refractivity contribution in [2.75, 3.05) is 0 Å². The van der Waals surface area contributed by atoms with E-state index in [2.05, 4.69) is 69.0 Å². The van der Waals surface area contributed by atoms with Crippen molar-refractivity contribution in [2.45, 2.75) is 39.5 Å². The highest BCUT2D eigenvalue weighted by Gasteiger charge is 2.15. The zero-order valence-electron chi connectivity index (χ0n) is 13.1. The summed E-state index contributed by atoms with van der Waals surface area (Å²) in [7, 11) is 0. The lowest BCUT2D eigenvalue weighted by Crippen LogP contribution is -2.11. The number of halogens is 1. The molecule has 1 heteroatoms. The third-order valence-corrected chi connectivity index (χ3v) is 3.90. The fraction of sp³-hybridized carbons (Fsp3) is 0.300. The SMILES string of the molecule is CC#Cc1ccc(Cc2cc(C(C)(C)C)ccc2Cl)cc1. The number of rotatable bonds is 2. The minimum Gasteiger partial charge on any atom is -0.101 e. The van der Waals surface area contributed by atoms with Gasteiger partial charge in [-0.1, -0.05) is 62.6 Å². The lowest BCUT2D eigenvalue weighted by Gasteiger charge is -2.20. The van der Waals surface area contributed by atoms with Crippen LogP contribution in [0.25, 0.3) is 0 Å². The molecule has 21 heavy (non-hydrogen) atoms. The van der Waals surface area contributed by atoms with Crippen LogP contribution in [0.5, 0.6) is 0 Å². The van der Waals surface area contributed by atoms with Crippen LogP contribution < -0.4 is 0 Å². The highest BCUT2D eigenvalue weighted by molar-refractivity contribution is 6.31. The van der Waals surface area contributed by atoms with E-state index in [0.29, 0.717) is 0 Å². The molecule has 0 aliphatic carbocycles. The highest BCUT2D eigenvalue weighted by atomic mass is 35.5. The largest absolute Gasteiger partial charge is 0.101 e. The molecule has 2 rings (SSSR count). The topological polar surface area (TPSA) is 0 Å². The number of hydrogen-bond donors (Lipinski definition) is 0. The summed E-state index contributed by atoms with van der Waals surface area (Å²) >= 11 is 6.35. The van der Waals surface area contributed by atoms with Gasteiger partial charge in [-0.15, -0.1) is 5.92 Å². The van der Waals surface area contributed by atoms with Gasteiger partial charge in [-0.3, -0.25) is 0 Å². The summed E-state index contributed by atoms with van der Waals surface area (Å²) in [5.41, 5.74) is 4.94. The van der Waals surface area contributed by atoms with Crippen LogP contribution in [-0.2, 0) is 11.8 Å². The van der Waals surface area contributed by atoms with Gasteiger partial charge in [-0.25, -0.2) is 0 Å². The Balaban J connectivity index is 2.27. The van der Waals surface area contributed by atoms with Crippen molar-refractivity contribution in [1.82, 2.24) is 0 Å². The summed E-state index contributed by atoms with van der Waals surface area (Å²) in [6.07, 6.45) is 0.850. The molecule has 0 aliphatic rings. The Morgan fingerprint density at radius 1 is 1.00 bits per heavy atom. The van der Waals surface area contributed by atoms with Gasteiger partial charge in [0.1, 0.15) is 0 Å². The van der Waals surface area contributed by atoms with Crippen LogP contribution in [0.1, 0.15) is 49.9 Å². The Morgan fingerprint density at radius 2 is 1.67 bits per heavy atom. The maximum atomic E-state index is 6.35. The second kappa shape index (κ2) is 6.37. The molecule has 0 unspecified atom stereocenters. The predicted octanol–water partition coefficient (Wildman–Crippen LogP) is 5.60. The molecule has 0 amide bonds. The third-order valence-electron chi connectivity index (χ3n) is 3.53. The minimum absolute atomic E-state index is 0.139. The fourth-order valence-corrected chi connectivity index (χ4v) is 2.43. The van der Waals surface area contributed by atoms with Gasteiger partial charge in [0.05, 0.1) is 0 Å². The average molecular weight is 297 g/mol. The predicted molar refractivity (Wildman–Crippen MR) is 92.0 cm³/mol. The summed E-state index contributed by atoms with van der Waals surface area (Å²) < 4.78 is 0. The van der Waals surface area contributed by atoms with Crippen LogP contribution in [-0.4, -0.2) is 0 Å². The monoisotopic (exact) mass is 296 g/mol. The first-order valence-corrected chi connectivity index (χ1v) is 7.58. The average Bonchev–Trinajstić information content (AvgIpc) is 2.42. The van der Waals surface area contributed by atoms with Gasteiger partial charge in [-0.05, 0) is 53.6 Å². The second-order valence-electron chi connectivity index (χ2n) is 6.30. The molecule has 0 bridgehead atoms. The van der Waals surface area contributed by atoms with E-state index in [0.717, 1.165) is 17.0 Å². The van der Waals surface area contributed by atoms with Crippen LogP contribution in [0, 0.1) is 11.8 Å². The Hall–Kier alpha value is -1.71. The standard InChI is InChI=1S/C20H21Cl/c1-5-6-15-7-9-16(10-8-15)13-17-14-18(20(2,3)4)11-12-19(17)21/h7-12,14H,13H2,1-4H3.